The molecule has 0 radical (unpaired) electrons. The highest BCUT2D eigenvalue weighted by Gasteiger charge is 2.17. The van der Waals surface area contributed by atoms with E-state index in [9.17, 15) is 23.2 Å². The second-order valence-electron chi connectivity index (χ2n) is 5.81. The molecule has 0 bridgehead atoms. The minimum absolute atomic E-state index is 0.220. The molecule has 0 heterocycles. The third-order valence-corrected chi connectivity index (χ3v) is 4.56. The van der Waals surface area contributed by atoms with E-state index in [-0.39, 0.29) is 12.1 Å². The number of hydrogen-bond acceptors (Lipinski definition) is 4. The highest BCUT2D eigenvalue weighted by molar-refractivity contribution is 7.98. The van der Waals surface area contributed by atoms with Crippen LogP contribution in [0.15, 0.2) is 47.4 Å². The fourth-order valence-corrected chi connectivity index (χ4v) is 2.85. The molecule has 0 fully saturated rings. The molecule has 0 aliphatic carbocycles. The van der Waals surface area contributed by atoms with E-state index < -0.39 is 35.9 Å². The molecule has 0 spiro atoms. The van der Waals surface area contributed by atoms with Crippen LogP contribution in [0.1, 0.15) is 10.4 Å². The summed E-state index contributed by atoms with van der Waals surface area (Å²) in [5.41, 5.74) is 0.268. The molecule has 0 saturated carbocycles. The normalized spacial score (nSPS) is 10.3. The number of thioether (sulfide) groups is 1. The number of para-hydroxylation sites is 1. The van der Waals surface area contributed by atoms with Crippen molar-refractivity contribution in [2.45, 2.75) is 4.90 Å². The maximum atomic E-state index is 13.6. The van der Waals surface area contributed by atoms with Crippen molar-refractivity contribution in [1.82, 2.24) is 10.2 Å². The predicted octanol–water partition coefficient (Wildman–Crippen LogP) is 2.51. The number of carbonyl (C=O) groups is 3. The number of nitrogens with one attached hydrogen (secondary N) is 2. The Morgan fingerprint density at radius 1 is 1.11 bits per heavy atom. The van der Waals surface area contributed by atoms with E-state index in [0.29, 0.717) is 11.8 Å². The standard InChI is InChI=1S/C19H19F2N3O3S/c1-24(11-17(25)23-15-5-3-4-6-16(15)28-2)18(26)10-22-19(27)13-8-7-12(20)9-14(13)21/h3-9H,10-11H2,1-2H3,(H,22,27)(H,23,25). The van der Waals surface area contributed by atoms with Crippen LogP contribution in [0.2, 0.25) is 0 Å². The zero-order valence-electron chi connectivity index (χ0n) is 15.3. The molecule has 3 amide bonds. The number of amides is 3. The van der Waals surface area contributed by atoms with Gasteiger partial charge in [-0.25, -0.2) is 8.78 Å². The van der Waals surface area contributed by atoms with E-state index in [1.165, 1.54) is 18.8 Å². The maximum Gasteiger partial charge on any atom is 0.254 e. The SMILES string of the molecule is CSc1ccccc1NC(=O)CN(C)C(=O)CNC(=O)c1ccc(F)cc1F. The zero-order valence-corrected chi connectivity index (χ0v) is 16.1. The molecular formula is C19H19F2N3O3S. The summed E-state index contributed by atoms with van der Waals surface area (Å²) in [5.74, 6) is -3.61. The Labute approximate surface area is 165 Å². The van der Waals surface area contributed by atoms with Gasteiger partial charge >= 0.3 is 0 Å². The average molecular weight is 407 g/mol. The predicted molar refractivity (Wildman–Crippen MR) is 103 cm³/mol. The smallest absolute Gasteiger partial charge is 0.254 e. The molecule has 2 aromatic carbocycles. The van der Waals surface area contributed by atoms with Crippen LogP contribution in [0, 0.1) is 11.6 Å². The van der Waals surface area contributed by atoms with Crippen LogP contribution in [0.3, 0.4) is 0 Å². The molecular weight excluding hydrogens is 388 g/mol. The third-order valence-electron chi connectivity index (χ3n) is 3.76. The van der Waals surface area contributed by atoms with Crippen molar-refractivity contribution < 1.29 is 23.2 Å². The van der Waals surface area contributed by atoms with E-state index >= 15 is 0 Å². The fraction of sp³-hybridized carbons (Fsp3) is 0.211. The molecule has 2 N–H and O–H groups in total. The van der Waals surface area contributed by atoms with Gasteiger partial charge in [0.05, 0.1) is 24.3 Å². The van der Waals surface area contributed by atoms with Crippen LogP contribution in [-0.4, -0.2) is 49.0 Å². The van der Waals surface area contributed by atoms with Crippen molar-refractivity contribution in [2.24, 2.45) is 0 Å². The van der Waals surface area contributed by atoms with Gasteiger partial charge in [-0.1, -0.05) is 12.1 Å². The number of nitrogens with zero attached hydrogens (tertiary/aromatic N) is 1. The van der Waals surface area contributed by atoms with Gasteiger partial charge in [0, 0.05) is 18.0 Å². The molecule has 0 saturated heterocycles. The van der Waals surface area contributed by atoms with Gasteiger partial charge in [0.25, 0.3) is 5.91 Å². The van der Waals surface area contributed by atoms with Crippen molar-refractivity contribution in [2.75, 3.05) is 31.7 Å². The molecule has 2 aromatic rings. The second-order valence-corrected chi connectivity index (χ2v) is 6.65. The number of rotatable bonds is 7. The lowest BCUT2D eigenvalue weighted by atomic mass is 10.2. The molecule has 6 nitrogen and oxygen atoms in total. The Bertz CT molecular complexity index is 892. The Morgan fingerprint density at radius 2 is 1.82 bits per heavy atom. The summed E-state index contributed by atoms with van der Waals surface area (Å²) in [7, 11) is 1.41. The topological polar surface area (TPSA) is 78.5 Å². The van der Waals surface area contributed by atoms with Gasteiger partial charge in [-0.3, -0.25) is 14.4 Å². The molecule has 0 aliphatic heterocycles. The second kappa shape index (κ2) is 9.84. The quantitative estimate of drug-likeness (QED) is 0.692. The van der Waals surface area contributed by atoms with Crippen LogP contribution in [0.4, 0.5) is 14.5 Å². The van der Waals surface area contributed by atoms with Crippen molar-refractivity contribution in [3.8, 4) is 0 Å². The highest BCUT2D eigenvalue weighted by atomic mass is 32.2. The molecule has 28 heavy (non-hydrogen) atoms. The summed E-state index contributed by atoms with van der Waals surface area (Å²) in [5, 5.41) is 4.98. The number of benzene rings is 2. The van der Waals surface area contributed by atoms with Crippen LogP contribution >= 0.6 is 11.8 Å². The van der Waals surface area contributed by atoms with Crippen LogP contribution in [0.25, 0.3) is 0 Å². The summed E-state index contributed by atoms with van der Waals surface area (Å²) in [6.07, 6.45) is 1.88. The van der Waals surface area contributed by atoms with E-state index in [1.807, 2.05) is 18.4 Å². The number of likely N-dealkylation sites (N-methyl/N-ethyl adjacent to an activating group) is 1. The zero-order chi connectivity index (χ0) is 20.7. The van der Waals surface area contributed by atoms with Crippen molar-refractivity contribution in [1.29, 1.82) is 0 Å². The lowest BCUT2D eigenvalue weighted by Gasteiger charge is -2.18. The van der Waals surface area contributed by atoms with E-state index in [1.54, 1.807) is 12.1 Å². The lowest BCUT2D eigenvalue weighted by molar-refractivity contribution is -0.132. The third kappa shape index (κ3) is 5.78. The van der Waals surface area contributed by atoms with Crippen LogP contribution in [-0.2, 0) is 9.59 Å². The van der Waals surface area contributed by atoms with Gasteiger partial charge in [0.2, 0.25) is 11.8 Å². The Balaban J connectivity index is 1.86. The van der Waals surface area contributed by atoms with Gasteiger partial charge in [0.1, 0.15) is 11.6 Å². The highest BCUT2D eigenvalue weighted by Crippen LogP contribution is 2.24. The molecule has 9 heteroatoms. The minimum atomic E-state index is -1.02. The van der Waals surface area contributed by atoms with Gasteiger partial charge in [-0.05, 0) is 30.5 Å². The van der Waals surface area contributed by atoms with Gasteiger partial charge < -0.3 is 15.5 Å². The average Bonchev–Trinajstić information content (AvgIpc) is 2.66. The Kier molecular flexibility index (Phi) is 7.51. The largest absolute Gasteiger partial charge is 0.343 e. The number of carbonyl (C=O) groups excluding carboxylic acids is 3. The molecule has 0 aromatic heterocycles. The minimum Gasteiger partial charge on any atom is -0.343 e. The fourth-order valence-electron chi connectivity index (χ4n) is 2.30. The van der Waals surface area contributed by atoms with Gasteiger partial charge in [0.15, 0.2) is 0 Å². The molecule has 0 unspecified atom stereocenters. The number of halogens is 2. The van der Waals surface area contributed by atoms with E-state index in [0.717, 1.165) is 21.9 Å². The first kappa shape index (κ1) is 21.4. The summed E-state index contributed by atoms with van der Waals surface area (Å²) in [4.78, 5) is 38.2. The molecule has 148 valence electrons. The summed E-state index contributed by atoms with van der Waals surface area (Å²) in [6.45, 7) is -0.650. The molecule has 2 rings (SSSR count). The van der Waals surface area contributed by atoms with Crippen molar-refractivity contribution >= 4 is 35.2 Å². The number of hydrogen-bond donors (Lipinski definition) is 2. The monoisotopic (exact) mass is 407 g/mol. The van der Waals surface area contributed by atoms with Crippen LogP contribution < -0.4 is 10.6 Å². The molecule has 0 atom stereocenters. The van der Waals surface area contributed by atoms with Gasteiger partial charge in [-0.2, -0.15) is 0 Å². The van der Waals surface area contributed by atoms with Gasteiger partial charge in [-0.15, -0.1) is 11.8 Å². The summed E-state index contributed by atoms with van der Waals surface area (Å²) < 4.78 is 26.5. The van der Waals surface area contributed by atoms with Crippen molar-refractivity contribution in [3.05, 3.63) is 59.7 Å². The van der Waals surface area contributed by atoms with E-state index in [2.05, 4.69) is 10.6 Å². The van der Waals surface area contributed by atoms with Crippen LogP contribution in [0.5, 0.6) is 0 Å². The summed E-state index contributed by atoms with van der Waals surface area (Å²) >= 11 is 1.48. The first-order chi connectivity index (χ1) is 13.3. The Morgan fingerprint density at radius 3 is 2.50 bits per heavy atom. The first-order valence-electron chi connectivity index (χ1n) is 8.22. The maximum absolute atomic E-state index is 13.6. The molecule has 0 aliphatic rings. The van der Waals surface area contributed by atoms with E-state index in [4.69, 9.17) is 0 Å². The lowest BCUT2D eigenvalue weighted by Crippen LogP contribution is -2.41. The number of anilines is 1. The van der Waals surface area contributed by atoms with Crippen molar-refractivity contribution in [3.63, 3.8) is 0 Å². The first-order valence-corrected chi connectivity index (χ1v) is 9.44. The Hall–Kier alpha value is -2.94. The summed E-state index contributed by atoms with van der Waals surface area (Å²) in [6, 6.07) is 9.77.